The minimum atomic E-state index is -0.368. The molecule has 0 aromatic heterocycles. The Kier molecular flexibility index (Phi) is 4.73. The lowest BCUT2D eigenvalue weighted by atomic mass is 9.91. The van der Waals surface area contributed by atoms with Gasteiger partial charge < -0.3 is 20.9 Å². The molecule has 20 heavy (non-hydrogen) atoms. The lowest BCUT2D eigenvalue weighted by molar-refractivity contribution is 0.106. The normalized spacial score (nSPS) is 23.6. The van der Waals surface area contributed by atoms with Crippen LogP contribution in [0.1, 0.15) is 31.2 Å². The highest BCUT2D eigenvalue weighted by atomic mass is 35.5. The Hall–Kier alpha value is -1.46. The lowest BCUT2D eigenvalue weighted by Crippen LogP contribution is -2.44. The standard InChI is InChI=1S/C14H20ClN3O2/c1-18(11-4-2-3-5-13(11)19)12-8-9(15)6-7-10(12)14(16)17-20/h6-8,11,13,19-20H,2-5H2,1H3,(H2,16,17). The number of anilines is 1. The molecule has 0 saturated heterocycles. The minimum absolute atomic E-state index is 0.0208. The van der Waals surface area contributed by atoms with Gasteiger partial charge in [-0.1, -0.05) is 29.6 Å². The van der Waals surface area contributed by atoms with Crippen molar-refractivity contribution in [3.63, 3.8) is 0 Å². The van der Waals surface area contributed by atoms with Gasteiger partial charge in [-0.3, -0.25) is 0 Å². The number of likely N-dealkylation sites (N-methyl/N-ethyl adjacent to an activating group) is 1. The molecule has 1 fully saturated rings. The fraction of sp³-hybridized carbons (Fsp3) is 0.500. The molecule has 0 aliphatic heterocycles. The van der Waals surface area contributed by atoms with Crippen LogP contribution in [0.4, 0.5) is 5.69 Å². The highest BCUT2D eigenvalue weighted by molar-refractivity contribution is 6.31. The third-order valence-electron chi connectivity index (χ3n) is 3.91. The number of nitrogens with zero attached hydrogens (tertiary/aromatic N) is 2. The van der Waals surface area contributed by atoms with E-state index < -0.39 is 0 Å². The van der Waals surface area contributed by atoms with E-state index in [0.717, 1.165) is 31.4 Å². The summed E-state index contributed by atoms with van der Waals surface area (Å²) in [5, 5.41) is 22.7. The number of hydrogen-bond donors (Lipinski definition) is 3. The second kappa shape index (κ2) is 6.33. The topological polar surface area (TPSA) is 82.1 Å². The van der Waals surface area contributed by atoms with Gasteiger partial charge in [0.1, 0.15) is 0 Å². The van der Waals surface area contributed by atoms with Gasteiger partial charge in [0.25, 0.3) is 0 Å². The molecular formula is C14H20ClN3O2. The second-order valence-electron chi connectivity index (χ2n) is 5.18. The average molecular weight is 298 g/mol. The Morgan fingerprint density at radius 2 is 2.10 bits per heavy atom. The largest absolute Gasteiger partial charge is 0.409 e. The maximum Gasteiger partial charge on any atom is 0.172 e. The van der Waals surface area contributed by atoms with Gasteiger partial charge in [0.2, 0.25) is 0 Å². The molecule has 1 aliphatic carbocycles. The zero-order chi connectivity index (χ0) is 14.7. The first-order chi connectivity index (χ1) is 9.54. The zero-order valence-corrected chi connectivity index (χ0v) is 12.2. The summed E-state index contributed by atoms with van der Waals surface area (Å²) in [6.07, 6.45) is 3.49. The van der Waals surface area contributed by atoms with E-state index in [0.29, 0.717) is 10.6 Å². The summed E-state index contributed by atoms with van der Waals surface area (Å²) >= 11 is 6.05. The van der Waals surface area contributed by atoms with Crippen LogP contribution in [-0.2, 0) is 0 Å². The quantitative estimate of drug-likeness (QED) is 0.346. The van der Waals surface area contributed by atoms with E-state index in [1.54, 1.807) is 18.2 Å². The van der Waals surface area contributed by atoms with Gasteiger partial charge in [-0.05, 0) is 31.0 Å². The number of aliphatic hydroxyl groups is 1. The van der Waals surface area contributed by atoms with Gasteiger partial charge in [0.15, 0.2) is 5.84 Å². The van der Waals surface area contributed by atoms with Crippen LogP contribution in [0.25, 0.3) is 0 Å². The molecule has 5 nitrogen and oxygen atoms in total. The smallest absolute Gasteiger partial charge is 0.172 e. The van der Waals surface area contributed by atoms with Crippen molar-refractivity contribution < 1.29 is 10.3 Å². The molecule has 0 amide bonds. The van der Waals surface area contributed by atoms with E-state index in [-0.39, 0.29) is 18.0 Å². The van der Waals surface area contributed by atoms with Crippen molar-refractivity contribution in [1.82, 2.24) is 0 Å². The Labute approximate surface area is 123 Å². The third-order valence-corrected chi connectivity index (χ3v) is 4.15. The maximum atomic E-state index is 10.2. The van der Waals surface area contributed by atoms with E-state index >= 15 is 0 Å². The van der Waals surface area contributed by atoms with Crippen LogP contribution in [-0.4, -0.2) is 35.3 Å². The van der Waals surface area contributed by atoms with Gasteiger partial charge >= 0.3 is 0 Å². The molecule has 0 bridgehead atoms. The van der Waals surface area contributed by atoms with Gasteiger partial charge in [0, 0.05) is 23.3 Å². The van der Waals surface area contributed by atoms with Crippen LogP contribution < -0.4 is 10.6 Å². The molecule has 0 radical (unpaired) electrons. The number of oxime groups is 1. The molecule has 6 heteroatoms. The molecule has 2 unspecified atom stereocenters. The molecule has 2 rings (SSSR count). The van der Waals surface area contributed by atoms with Crippen LogP contribution in [0.3, 0.4) is 0 Å². The molecule has 1 aromatic carbocycles. The van der Waals surface area contributed by atoms with E-state index in [1.807, 2.05) is 11.9 Å². The Morgan fingerprint density at radius 3 is 2.75 bits per heavy atom. The van der Waals surface area contributed by atoms with E-state index in [9.17, 15) is 5.11 Å². The number of amidine groups is 1. The molecule has 2 atom stereocenters. The van der Waals surface area contributed by atoms with E-state index in [2.05, 4.69) is 5.16 Å². The molecule has 4 N–H and O–H groups in total. The zero-order valence-electron chi connectivity index (χ0n) is 11.5. The number of aliphatic hydroxyl groups excluding tert-OH is 1. The molecular weight excluding hydrogens is 278 g/mol. The van der Waals surface area contributed by atoms with E-state index in [1.165, 1.54) is 0 Å². The highest BCUT2D eigenvalue weighted by Crippen LogP contribution is 2.30. The molecule has 1 saturated carbocycles. The van der Waals surface area contributed by atoms with Crippen molar-refractivity contribution in [1.29, 1.82) is 0 Å². The monoisotopic (exact) mass is 297 g/mol. The average Bonchev–Trinajstić information content (AvgIpc) is 2.46. The summed E-state index contributed by atoms with van der Waals surface area (Å²) in [6, 6.07) is 5.21. The summed E-state index contributed by atoms with van der Waals surface area (Å²) in [4.78, 5) is 1.98. The first-order valence-electron chi connectivity index (χ1n) is 6.73. The first kappa shape index (κ1) is 14.9. The first-order valence-corrected chi connectivity index (χ1v) is 7.10. The van der Waals surface area contributed by atoms with Crippen molar-refractivity contribution in [2.24, 2.45) is 10.9 Å². The Balaban J connectivity index is 2.37. The molecule has 0 heterocycles. The molecule has 110 valence electrons. The van der Waals surface area contributed by atoms with Crippen LogP contribution in [0.15, 0.2) is 23.4 Å². The van der Waals surface area contributed by atoms with Crippen LogP contribution in [0.2, 0.25) is 5.02 Å². The molecule has 1 aromatic rings. The Morgan fingerprint density at radius 1 is 1.40 bits per heavy atom. The highest BCUT2D eigenvalue weighted by Gasteiger charge is 2.28. The Bertz CT molecular complexity index is 507. The molecule has 0 spiro atoms. The summed E-state index contributed by atoms with van der Waals surface area (Å²) in [6.45, 7) is 0. The van der Waals surface area contributed by atoms with Crippen molar-refractivity contribution in [3.8, 4) is 0 Å². The fourth-order valence-electron chi connectivity index (χ4n) is 2.79. The third kappa shape index (κ3) is 2.99. The summed E-state index contributed by atoms with van der Waals surface area (Å²) in [5.41, 5.74) is 7.09. The SMILES string of the molecule is CN(c1cc(Cl)ccc1/C(N)=N/O)C1CCCCC1O. The second-order valence-corrected chi connectivity index (χ2v) is 5.61. The summed E-state index contributed by atoms with van der Waals surface area (Å²) < 4.78 is 0. The number of halogens is 1. The van der Waals surface area contributed by atoms with Gasteiger partial charge in [-0.15, -0.1) is 0 Å². The predicted molar refractivity (Wildman–Crippen MR) is 80.6 cm³/mol. The maximum absolute atomic E-state index is 10.2. The van der Waals surface area contributed by atoms with Crippen LogP contribution >= 0.6 is 11.6 Å². The van der Waals surface area contributed by atoms with Crippen molar-refractivity contribution in [2.45, 2.75) is 37.8 Å². The number of rotatable bonds is 3. The van der Waals surface area contributed by atoms with E-state index in [4.69, 9.17) is 22.5 Å². The summed E-state index contributed by atoms with van der Waals surface area (Å²) in [7, 11) is 1.90. The molecule has 1 aliphatic rings. The fourth-order valence-corrected chi connectivity index (χ4v) is 2.96. The predicted octanol–water partition coefficient (Wildman–Crippen LogP) is 2.17. The van der Waals surface area contributed by atoms with Gasteiger partial charge in [-0.25, -0.2) is 0 Å². The lowest BCUT2D eigenvalue weighted by Gasteiger charge is -2.37. The van der Waals surface area contributed by atoms with Crippen molar-refractivity contribution in [2.75, 3.05) is 11.9 Å². The number of nitrogens with two attached hydrogens (primary N) is 1. The van der Waals surface area contributed by atoms with Crippen molar-refractivity contribution in [3.05, 3.63) is 28.8 Å². The van der Waals surface area contributed by atoms with Crippen LogP contribution in [0.5, 0.6) is 0 Å². The number of hydrogen-bond acceptors (Lipinski definition) is 4. The summed E-state index contributed by atoms with van der Waals surface area (Å²) in [5.74, 6) is 0.0359. The number of benzene rings is 1. The van der Waals surface area contributed by atoms with Gasteiger partial charge in [-0.2, -0.15) is 0 Å². The van der Waals surface area contributed by atoms with Crippen molar-refractivity contribution >= 4 is 23.1 Å². The minimum Gasteiger partial charge on any atom is -0.409 e. The van der Waals surface area contributed by atoms with Gasteiger partial charge in [0.05, 0.1) is 12.1 Å². The van der Waals surface area contributed by atoms with Crippen LogP contribution in [0, 0.1) is 0 Å².